The van der Waals surface area contributed by atoms with Crippen LogP contribution in [0.1, 0.15) is 23.2 Å². The summed E-state index contributed by atoms with van der Waals surface area (Å²) in [5, 5.41) is 3.41. The lowest BCUT2D eigenvalue weighted by Gasteiger charge is -2.37. The van der Waals surface area contributed by atoms with Gasteiger partial charge in [0, 0.05) is 24.1 Å². The molecule has 0 bridgehead atoms. The number of nitrogens with one attached hydrogen (secondary N) is 2. The average Bonchev–Trinajstić information content (AvgIpc) is 2.60. The summed E-state index contributed by atoms with van der Waals surface area (Å²) in [7, 11) is -0.989. The summed E-state index contributed by atoms with van der Waals surface area (Å²) in [6.45, 7) is 2.36. The number of methoxy groups -OCH3 is 2. The number of hydrogen-bond acceptors (Lipinski definition) is 6. The Labute approximate surface area is 165 Å². The highest BCUT2D eigenvalue weighted by atomic mass is 35.5. The third-order valence-corrected chi connectivity index (χ3v) is 5.95. The van der Waals surface area contributed by atoms with Gasteiger partial charge in [-0.25, -0.2) is 17.9 Å². The van der Waals surface area contributed by atoms with E-state index >= 15 is 0 Å². The number of halogens is 2. The summed E-state index contributed by atoms with van der Waals surface area (Å²) < 4.78 is 37.9. The predicted molar refractivity (Wildman–Crippen MR) is 102 cm³/mol. The van der Waals surface area contributed by atoms with Crippen molar-refractivity contribution in [3.05, 3.63) is 28.8 Å². The summed E-state index contributed by atoms with van der Waals surface area (Å²) in [5.41, 5.74) is -0.166. The van der Waals surface area contributed by atoms with Gasteiger partial charge in [0.15, 0.2) is 0 Å². The van der Waals surface area contributed by atoms with Gasteiger partial charge in [0.1, 0.15) is 0 Å². The highest BCUT2D eigenvalue weighted by Crippen LogP contribution is 2.29. The largest absolute Gasteiger partial charge is 0.465 e. The zero-order valence-electron chi connectivity index (χ0n) is 14.7. The van der Waals surface area contributed by atoms with E-state index in [4.69, 9.17) is 16.3 Å². The van der Waals surface area contributed by atoms with Crippen molar-refractivity contribution < 1.29 is 22.7 Å². The maximum Gasteiger partial charge on any atom is 0.337 e. The van der Waals surface area contributed by atoms with Gasteiger partial charge in [-0.2, -0.15) is 0 Å². The summed E-state index contributed by atoms with van der Waals surface area (Å²) in [6.07, 6.45) is 1.62. The van der Waals surface area contributed by atoms with Crippen LogP contribution in [0, 0.1) is 5.41 Å². The van der Waals surface area contributed by atoms with Crippen LogP contribution in [-0.4, -0.2) is 54.8 Å². The number of hydrogen-bond donors (Lipinski definition) is 2. The minimum Gasteiger partial charge on any atom is -0.465 e. The summed E-state index contributed by atoms with van der Waals surface area (Å²) in [5.74, 6) is -0.645. The van der Waals surface area contributed by atoms with Crippen LogP contribution in [0.25, 0.3) is 0 Å². The second-order valence-corrected chi connectivity index (χ2v) is 8.38. The molecule has 0 atom stereocenters. The molecule has 1 saturated heterocycles. The fourth-order valence-corrected chi connectivity index (χ4v) is 4.45. The van der Waals surface area contributed by atoms with Crippen LogP contribution in [0.4, 0.5) is 0 Å². The van der Waals surface area contributed by atoms with E-state index in [1.807, 2.05) is 0 Å². The smallest absolute Gasteiger partial charge is 0.337 e. The molecule has 10 heteroatoms. The minimum absolute atomic E-state index is 0. The predicted octanol–water partition coefficient (Wildman–Crippen LogP) is 1.84. The molecule has 26 heavy (non-hydrogen) atoms. The van der Waals surface area contributed by atoms with E-state index in [-0.39, 0.29) is 39.8 Å². The molecule has 1 aromatic carbocycles. The van der Waals surface area contributed by atoms with E-state index in [0.717, 1.165) is 25.9 Å². The van der Waals surface area contributed by atoms with E-state index in [1.165, 1.54) is 25.3 Å². The van der Waals surface area contributed by atoms with E-state index in [9.17, 15) is 13.2 Å². The van der Waals surface area contributed by atoms with Gasteiger partial charge >= 0.3 is 5.97 Å². The Hall–Kier alpha value is -0.900. The number of benzene rings is 1. The van der Waals surface area contributed by atoms with E-state index in [2.05, 4.69) is 14.8 Å². The first-order valence-corrected chi connectivity index (χ1v) is 9.76. The fraction of sp³-hybridized carbons (Fsp3) is 0.562. The molecule has 7 nitrogen and oxygen atoms in total. The van der Waals surface area contributed by atoms with Crippen LogP contribution < -0.4 is 10.0 Å². The first-order valence-electron chi connectivity index (χ1n) is 7.90. The molecule has 0 unspecified atom stereocenters. The first kappa shape index (κ1) is 23.1. The lowest BCUT2D eigenvalue weighted by Crippen LogP contribution is -2.47. The van der Waals surface area contributed by atoms with Gasteiger partial charge < -0.3 is 14.8 Å². The second kappa shape index (κ2) is 9.87. The maximum atomic E-state index is 12.7. The van der Waals surface area contributed by atoms with Gasteiger partial charge in [-0.15, -0.1) is 12.4 Å². The number of carbonyl (C=O) groups excluding carboxylic acids is 1. The molecule has 0 amide bonds. The summed E-state index contributed by atoms with van der Waals surface area (Å²) in [6, 6.07) is 3.93. The molecule has 0 radical (unpaired) electrons. The number of esters is 1. The number of ether oxygens (including phenoxy) is 2. The number of sulfonamides is 1. The Morgan fingerprint density at radius 3 is 2.50 bits per heavy atom. The average molecular weight is 427 g/mol. The number of piperidine rings is 1. The standard InChI is InChI=1S/C16H23ClN2O5S.ClH/c1-23-11-16(3-5-18-6-4-16)10-19-25(21,22)14-8-12(15(20)24-2)7-13(17)9-14;/h7-9,18-19H,3-6,10-11H2,1-2H3;1H. The molecule has 1 aromatic rings. The third kappa shape index (κ3) is 5.80. The summed E-state index contributed by atoms with van der Waals surface area (Å²) >= 11 is 5.95. The quantitative estimate of drug-likeness (QED) is 0.646. The Kier molecular flexibility index (Phi) is 8.78. The molecule has 2 rings (SSSR count). The van der Waals surface area contributed by atoms with Gasteiger partial charge in [-0.3, -0.25) is 0 Å². The van der Waals surface area contributed by atoms with Crippen LogP contribution in [-0.2, 0) is 19.5 Å². The Bertz CT molecular complexity index is 716. The van der Waals surface area contributed by atoms with Gasteiger partial charge in [0.2, 0.25) is 10.0 Å². The van der Waals surface area contributed by atoms with E-state index < -0.39 is 16.0 Å². The minimum atomic E-state index is -3.82. The second-order valence-electron chi connectivity index (χ2n) is 6.17. The van der Waals surface area contributed by atoms with Crippen molar-refractivity contribution in [2.45, 2.75) is 17.7 Å². The lowest BCUT2D eigenvalue weighted by molar-refractivity contribution is 0.0577. The van der Waals surface area contributed by atoms with E-state index in [1.54, 1.807) is 7.11 Å². The lowest BCUT2D eigenvalue weighted by atomic mass is 9.80. The van der Waals surface area contributed by atoms with Crippen molar-refractivity contribution in [1.82, 2.24) is 10.0 Å². The normalized spacial score (nSPS) is 16.6. The fourth-order valence-electron chi connectivity index (χ4n) is 2.92. The molecule has 1 fully saturated rings. The van der Waals surface area contributed by atoms with Crippen molar-refractivity contribution in [2.75, 3.05) is 40.5 Å². The molecule has 148 valence electrons. The van der Waals surface area contributed by atoms with Crippen LogP contribution in [0.15, 0.2) is 23.1 Å². The van der Waals surface area contributed by atoms with Gasteiger partial charge in [-0.05, 0) is 44.1 Å². The van der Waals surface area contributed by atoms with Crippen molar-refractivity contribution >= 4 is 40.0 Å². The maximum absolute atomic E-state index is 12.7. The SMILES string of the molecule is COCC1(CNS(=O)(=O)c2cc(Cl)cc(C(=O)OC)c2)CCNCC1.Cl. The van der Waals surface area contributed by atoms with Crippen molar-refractivity contribution in [2.24, 2.45) is 5.41 Å². The zero-order chi connectivity index (χ0) is 18.5. The highest BCUT2D eigenvalue weighted by Gasteiger charge is 2.33. The third-order valence-electron chi connectivity index (χ3n) is 4.35. The Balaban J connectivity index is 0.00000338. The molecule has 0 saturated carbocycles. The van der Waals surface area contributed by atoms with Crippen molar-refractivity contribution in [3.63, 3.8) is 0 Å². The Morgan fingerprint density at radius 1 is 1.27 bits per heavy atom. The highest BCUT2D eigenvalue weighted by molar-refractivity contribution is 7.89. The Morgan fingerprint density at radius 2 is 1.92 bits per heavy atom. The van der Waals surface area contributed by atoms with Crippen molar-refractivity contribution in [1.29, 1.82) is 0 Å². The monoisotopic (exact) mass is 426 g/mol. The molecule has 2 N–H and O–H groups in total. The van der Waals surface area contributed by atoms with Gasteiger partial charge in [0.05, 0.1) is 24.2 Å². The van der Waals surface area contributed by atoms with Crippen LogP contribution >= 0.6 is 24.0 Å². The topological polar surface area (TPSA) is 93.7 Å². The molecule has 0 aliphatic carbocycles. The molecular formula is C16H24Cl2N2O5S. The molecule has 1 heterocycles. The van der Waals surface area contributed by atoms with E-state index in [0.29, 0.717) is 6.61 Å². The molecule has 1 aliphatic rings. The first-order chi connectivity index (χ1) is 11.8. The number of rotatable bonds is 7. The molecule has 0 aromatic heterocycles. The van der Waals surface area contributed by atoms with Crippen LogP contribution in [0.5, 0.6) is 0 Å². The number of carbonyl (C=O) groups is 1. The summed E-state index contributed by atoms with van der Waals surface area (Å²) in [4.78, 5) is 11.6. The van der Waals surface area contributed by atoms with Crippen molar-refractivity contribution in [3.8, 4) is 0 Å². The van der Waals surface area contributed by atoms with Gasteiger partial charge in [-0.1, -0.05) is 11.6 Å². The molecule has 1 aliphatic heterocycles. The zero-order valence-corrected chi connectivity index (χ0v) is 17.1. The molecular weight excluding hydrogens is 403 g/mol. The van der Waals surface area contributed by atoms with Crippen LogP contribution in [0.3, 0.4) is 0 Å². The van der Waals surface area contributed by atoms with Gasteiger partial charge in [0.25, 0.3) is 0 Å². The molecule has 0 spiro atoms. The van der Waals surface area contributed by atoms with Crippen LogP contribution in [0.2, 0.25) is 5.02 Å².